The summed E-state index contributed by atoms with van der Waals surface area (Å²) in [5, 5.41) is 11.7. The average Bonchev–Trinajstić information content (AvgIpc) is 3.57. The number of aromatic nitrogens is 1. The van der Waals surface area contributed by atoms with Gasteiger partial charge in [0.05, 0.1) is 19.2 Å². The molecule has 0 radical (unpaired) electrons. The van der Waals surface area contributed by atoms with Gasteiger partial charge in [0.2, 0.25) is 5.89 Å². The highest BCUT2D eigenvalue weighted by Crippen LogP contribution is 2.36. The van der Waals surface area contributed by atoms with E-state index >= 15 is 0 Å². The van der Waals surface area contributed by atoms with Crippen molar-refractivity contribution in [1.29, 1.82) is 5.26 Å². The molecule has 1 aliphatic rings. The van der Waals surface area contributed by atoms with Gasteiger partial charge in [0, 0.05) is 17.2 Å². The molecule has 0 bridgehead atoms. The van der Waals surface area contributed by atoms with Gasteiger partial charge in [-0.2, -0.15) is 14.0 Å². The third-order valence-electron chi connectivity index (χ3n) is 5.35. The predicted octanol–water partition coefficient (Wildman–Crippen LogP) is 4.46. The van der Waals surface area contributed by atoms with Crippen LogP contribution in [0.2, 0.25) is 0 Å². The number of oxazole rings is 1. The van der Waals surface area contributed by atoms with Crippen LogP contribution in [0.5, 0.6) is 11.5 Å². The van der Waals surface area contributed by atoms with Crippen LogP contribution in [0.25, 0.3) is 11.5 Å². The van der Waals surface area contributed by atoms with E-state index in [0.29, 0.717) is 18.6 Å². The summed E-state index contributed by atoms with van der Waals surface area (Å²) in [7, 11) is 0. The maximum Gasteiger partial charge on any atom is 0.387 e. The lowest BCUT2D eigenvalue weighted by molar-refractivity contribution is -0.0515. The van der Waals surface area contributed by atoms with E-state index < -0.39 is 30.2 Å². The van der Waals surface area contributed by atoms with E-state index in [2.05, 4.69) is 15.0 Å². The van der Waals surface area contributed by atoms with E-state index in [4.69, 9.17) is 14.9 Å². The third kappa shape index (κ3) is 5.75. The number of nitrogens with zero attached hydrogens (tertiary/aromatic N) is 2. The number of carbonyl (C=O) groups is 1. The molecule has 188 valence electrons. The highest BCUT2D eigenvalue weighted by Gasteiger charge is 2.26. The van der Waals surface area contributed by atoms with Crippen LogP contribution in [0.3, 0.4) is 0 Å². The van der Waals surface area contributed by atoms with Crippen LogP contribution in [0.4, 0.5) is 17.6 Å². The summed E-state index contributed by atoms with van der Waals surface area (Å²) in [6.45, 7) is -2.97. The van der Waals surface area contributed by atoms with E-state index in [1.54, 1.807) is 6.07 Å². The molecule has 0 aliphatic heterocycles. The lowest BCUT2D eigenvalue weighted by atomic mass is 10.1. The van der Waals surface area contributed by atoms with Crippen LogP contribution < -0.4 is 20.5 Å². The van der Waals surface area contributed by atoms with Crippen molar-refractivity contribution >= 4 is 5.91 Å². The van der Waals surface area contributed by atoms with Crippen molar-refractivity contribution in [3.05, 3.63) is 65.1 Å². The van der Waals surface area contributed by atoms with Gasteiger partial charge in [-0.3, -0.25) is 4.79 Å². The van der Waals surface area contributed by atoms with Gasteiger partial charge in [0.25, 0.3) is 5.91 Å². The Bertz CT molecular complexity index is 1300. The summed E-state index contributed by atoms with van der Waals surface area (Å²) in [6.07, 6.45) is 1.96. The molecule has 1 fully saturated rings. The zero-order valence-electron chi connectivity index (χ0n) is 18.6. The Morgan fingerprint density at radius 2 is 2.00 bits per heavy atom. The van der Waals surface area contributed by atoms with Crippen molar-refractivity contribution < 1.29 is 36.2 Å². The van der Waals surface area contributed by atoms with Crippen molar-refractivity contribution in [1.82, 2.24) is 10.3 Å². The summed E-state index contributed by atoms with van der Waals surface area (Å²) in [5.74, 6) is -2.61. The van der Waals surface area contributed by atoms with Crippen molar-refractivity contribution in [3.8, 4) is 29.0 Å². The van der Waals surface area contributed by atoms with E-state index in [9.17, 15) is 27.6 Å². The van der Waals surface area contributed by atoms with Crippen molar-refractivity contribution in [2.24, 2.45) is 11.7 Å². The molecule has 12 heteroatoms. The number of alkyl halides is 2. The van der Waals surface area contributed by atoms with E-state index in [1.807, 2.05) is 0 Å². The monoisotopic (exact) mass is 504 g/mol. The summed E-state index contributed by atoms with van der Waals surface area (Å²) in [5.41, 5.74) is 5.47. The van der Waals surface area contributed by atoms with Crippen molar-refractivity contribution in [2.45, 2.75) is 32.0 Å². The Kier molecular flexibility index (Phi) is 7.40. The molecule has 8 nitrogen and oxygen atoms in total. The lowest BCUT2D eigenvalue weighted by Crippen LogP contribution is -2.29. The first-order valence-electron chi connectivity index (χ1n) is 10.9. The molecular weight excluding hydrogens is 484 g/mol. The standard InChI is InChI=1S/C24H20F4N4O4/c25-14-4-5-15(16(26)8-14)17(9-29)31-22(33)21-20(10-30)35-23(32-21)13-3-6-18(36-24(27)28)19(7-13)34-11-12-1-2-12/h3-8,12,17,24H,1-2,10-11,30H2,(H,31,33). The number of benzene rings is 2. The van der Waals surface area contributed by atoms with Crippen LogP contribution in [-0.4, -0.2) is 24.1 Å². The number of amides is 1. The minimum atomic E-state index is -3.06. The van der Waals surface area contributed by atoms with Gasteiger partial charge in [-0.15, -0.1) is 0 Å². The van der Waals surface area contributed by atoms with Crippen molar-refractivity contribution in [3.63, 3.8) is 0 Å². The second kappa shape index (κ2) is 10.7. The Hall–Kier alpha value is -4.11. The van der Waals surface area contributed by atoms with Crippen LogP contribution in [0, 0.1) is 28.9 Å². The lowest BCUT2D eigenvalue weighted by Gasteiger charge is -2.13. The summed E-state index contributed by atoms with van der Waals surface area (Å²) >= 11 is 0. The second-order valence-electron chi connectivity index (χ2n) is 7.99. The highest BCUT2D eigenvalue weighted by molar-refractivity contribution is 5.94. The molecule has 3 aromatic rings. The summed E-state index contributed by atoms with van der Waals surface area (Å²) < 4.78 is 68.7. The first-order valence-corrected chi connectivity index (χ1v) is 10.9. The average molecular weight is 504 g/mol. The van der Waals surface area contributed by atoms with E-state index in [1.165, 1.54) is 18.2 Å². The Morgan fingerprint density at radius 1 is 1.22 bits per heavy atom. The number of rotatable bonds is 10. The van der Waals surface area contributed by atoms with Gasteiger partial charge in [-0.25, -0.2) is 13.8 Å². The molecular formula is C24H20F4N4O4. The fourth-order valence-electron chi connectivity index (χ4n) is 3.34. The molecule has 2 aromatic carbocycles. The van der Waals surface area contributed by atoms with Crippen LogP contribution >= 0.6 is 0 Å². The first kappa shape index (κ1) is 25.0. The van der Waals surface area contributed by atoms with Crippen LogP contribution in [0.15, 0.2) is 40.8 Å². The maximum atomic E-state index is 14.1. The SMILES string of the molecule is N#CC(NC(=O)c1nc(-c2ccc(OC(F)F)c(OCC3CC3)c2)oc1CN)c1ccc(F)cc1F. The normalized spacial score (nSPS) is 13.8. The largest absolute Gasteiger partial charge is 0.489 e. The highest BCUT2D eigenvalue weighted by atomic mass is 19.3. The fourth-order valence-corrected chi connectivity index (χ4v) is 3.34. The van der Waals surface area contributed by atoms with E-state index in [0.717, 1.165) is 25.0 Å². The quantitative estimate of drug-likeness (QED) is 0.391. The number of hydrogen-bond donors (Lipinski definition) is 2. The number of carbonyl (C=O) groups excluding carboxylic acids is 1. The minimum Gasteiger partial charge on any atom is -0.489 e. The van der Waals surface area contributed by atoms with Gasteiger partial charge in [-0.1, -0.05) is 6.07 Å². The number of nitriles is 1. The maximum absolute atomic E-state index is 14.1. The predicted molar refractivity (Wildman–Crippen MR) is 117 cm³/mol. The van der Waals surface area contributed by atoms with Crippen molar-refractivity contribution in [2.75, 3.05) is 6.61 Å². The summed E-state index contributed by atoms with van der Waals surface area (Å²) in [6, 6.07) is 6.93. The molecule has 1 atom stereocenters. The fraction of sp³-hybridized carbons (Fsp3) is 0.292. The molecule has 1 saturated carbocycles. The number of nitrogens with two attached hydrogens (primary N) is 1. The van der Waals surface area contributed by atoms with E-state index in [-0.39, 0.29) is 46.5 Å². The summed E-state index contributed by atoms with van der Waals surface area (Å²) in [4.78, 5) is 17.0. The molecule has 1 aliphatic carbocycles. The van der Waals surface area contributed by atoms with Crippen LogP contribution in [-0.2, 0) is 6.54 Å². The topological polar surface area (TPSA) is 123 Å². The molecule has 1 aromatic heterocycles. The molecule has 1 amide bonds. The van der Waals surface area contributed by atoms with Gasteiger partial charge < -0.3 is 24.9 Å². The third-order valence-corrected chi connectivity index (χ3v) is 5.35. The molecule has 4 rings (SSSR count). The molecule has 0 spiro atoms. The Morgan fingerprint density at radius 3 is 2.64 bits per heavy atom. The number of ether oxygens (including phenoxy) is 2. The minimum absolute atomic E-state index is 0.0351. The van der Waals surface area contributed by atoms with Gasteiger partial charge in [-0.05, 0) is 43.0 Å². The van der Waals surface area contributed by atoms with Gasteiger partial charge >= 0.3 is 6.61 Å². The second-order valence-corrected chi connectivity index (χ2v) is 7.99. The Labute approximate surface area is 202 Å². The molecule has 3 N–H and O–H groups in total. The van der Waals surface area contributed by atoms with Gasteiger partial charge in [0.15, 0.2) is 23.0 Å². The smallest absolute Gasteiger partial charge is 0.387 e. The number of halogens is 4. The Balaban J connectivity index is 1.60. The number of nitrogens with one attached hydrogen (secondary N) is 1. The molecule has 1 unspecified atom stereocenters. The molecule has 36 heavy (non-hydrogen) atoms. The number of hydrogen-bond acceptors (Lipinski definition) is 7. The molecule has 1 heterocycles. The van der Waals surface area contributed by atoms with Crippen LogP contribution in [0.1, 0.15) is 40.7 Å². The zero-order valence-corrected chi connectivity index (χ0v) is 18.6. The first-order chi connectivity index (χ1) is 17.3. The zero-order chi connectivity index (χ0) is 25.8. The molecule has 0 saturated heterocycles. The van der Waals surface area contributed by atoms with Gasteiger partial charge in [0.1, 0.15) is 17.7 Å².